The molecule has 4 aromatic rings. The molecule has 0 aromatic carbocycles. The number of aromatic nitrogens is 5. The molecule has 0 atom stereocenters. The van der Waals surface area contributed by atoms with Gasteiger partial charge in [0.2, 0.25) is 11.8 Å². The van der Waals surface area contributed by atoms with Gasteiger partial charge >= 0.3 is 0 Å². The maximum atomic E-state index is 10.3. The third-order valence-corrected chi connectivity index (χ3v) is 3.49. The van der Waals surface area contributed by atoms with Crippen LogP contribution < -0.4 is 0 Å². The van der Waals surface area contributed by atoms with Gasteiger partial charge in [0.05, 0.1) is 0 Å². The Labute approximate surface area is 128 Å². The standard InChI is InChI=1S/C14H8ClN5O2/c15-8-3-1-7-2-4-9(19-12(7)18-8)20-13(21)10-11(14(20)22)17-6-5-16-10/h1-6,21-22H. The number of pyridine rings is 2. The second kappa shape index (κ2) is 4.54. The van der Waals surface area contributed by atoms with Crippen LogP contribution in [0.5, 0.6) is 11.8 Å². The molecule has 0 amide bonds. The van der Waals surface area contributed by atoms with Gasteiger partial charge in [-0.3, -0.25) is 0 Å². The number of nitrogens with zero attached hydrogens (tertiary/aromatic N) is 5. The molecule has 0 aliphatic heterocycles. The summed E-state index contributed by atoms with van der Waals surface area (Å²) in [6, 6.07) is 6.87. The van der Waals surface area contributed by atoms with Gasteiger partial charge in [0, 0.05) is 17.8 Å². The second-order valence-electron chi connectivity index (χ2n) is 4.59. The Balaban J connectivity index is 2.02. The molecule has 0 aliphatic carbocycles. The van der Waals surface area contributed by atoms with E-state index in [1.165, 1.54) is 12.4 Å². The minimum atomic E-state index is -0.241. The number of rotatable bonds is 1. The molecule has 4 heterocycles. The van der Waals surface area contributed by atoms with E-state index >= 15 is 0 Å². The predicted molar refractivity (Wildman–Crippen MR) is 80.3 cm³/mol. The summed E-state index contributed by atoms with van der Waals surface area (Å²) in [5, 5.41) is 21.6. The first-order valence-electron chi connectivity index (χ1n) is 6.32. The molecule has 4 rings (SSSR count). The molecule has 0 saturated carbocycles. The number of fused-ring (bicyclic) bond motifs is 2. The molecule has 2 N–H and O–H groups in total. The molecular formula is C14H8ClN5O2. The number of hydrogen-bond acceptors (Lipinski definition) is 6. The van der Waals surface area contributed by atoms with Gasteiger partial charge in [-0.1, -0.05) is 11.6 Å². The molecule has 108 valence electrons. The first-order valence-corrected chi connectivity index (χ1v) is 6.70. The fraction of sp³-hybridized carbons (Fsp3) is 0. The van der Waals surface area contributed by atoms with Crippen LogP contribution in [0.4, 0.5) is 0 Å². The Morgan fingerprint density at radius 2 is 1.50 bits per heavy atom. The van der Waals surface area contributed by atoms with Crippen molar-refractivity contribution in [1.29, 1.82) is 0 Å². The summed E-state index contributed by atoms with van der Waals surface area (Å²) in [6.07, 6.45) is 2.86. The summed E-state index contributed by atoms with van der Waals surface area (Å²) in [5.41, 5.74) is 0.796. The fourth-order valence-electron chi connectivity index (χ4n) is 2.28. The van der Waals surface area contributed by atoms with Crippen molar-refractivity contribution in [1.82, 2.24) is 24.5 Å². The summed E-state index contributed by atoms with van der Waals surface area (Å²) >= 11 is 5.87. The van der Waals surface area contributed by atoms with E-state index in [9.17, 15) is 10.2 Å². The normalized spacial score (nSPS) is 11.3. The first-order chi connectivity index (χ1) is 10.6. The van der Waals surface area contributed by atoms with Crippen molar-refractivity contribution in [3.8, 4) is 17.6 Å². The van der Waals surface area contributed by atoms with Crippen molar-refractivity contribution in [2.75, 3.05) is 0 Å². The van der Waals surface area contributed by atoms with Gasteiger partial charge in [-0.25, -0.2) is 24.5 Å². The first kappa shape index (κ1) is 12.8. The Kier molecular flexibility index (Phi) is 2.64. The van der Waals surface area contributed by atoms with E-state index in [-0.39, 0.29) is 28.6 Å². The average Bonchev–Trinajstić information content (AvgIpc) is 2.79. The summed E-state index contributed by atoms with van der Waals surface area (Å²) in [7, 11) is 0. The van der Waals surface area contributed by atoms with E-state index in [1.54, 1.807) is 24.3 Å². The van der Waals surface area contributed by atoms with Crippen LogP contribution in [0.3, 0.4) is 0 Å². The molecule has 7 nitrogen and oxygen atoms in total. The third kappa shape index (κ3) is 1.76. The van der Waals surface area contributed by atoms with Gasteiger partial charge in [0.25, 0.3) is 0 Å². The van der Waals surface area contributed by atoms with E-state index < -0.39 is 0 Å². The van der Waals surface area contributed by atoms with E-state index in [4.69, 9.17) is 11.6 Å². The van der Waals surface area contributed by atoms with Gasteiger partial charge < -0.3 is 10.2 Å². The summed E-state index contributed by atoms with van der Waals surface area (Å²) in [6.45, 7) is 0. The topological polar surface area (TPSA) is 97.0 Å². The van der Waals surface area contributed by atoms with Gasteiger partial charge in [0.1, 0.15) is 11.0 Å². The van der Waals surface area contributed by atoms with E-state index in [1.807, 2.05) is 0 Å². The zero-order chi connectivity index (χ0) is 15.3. The Morgan fingerprint density at radius 3 is 2.18 bits per heavy atom. The van der Waals surface area contributed by atoms with Crippen LogP contribution in [0.1, 0.15) is 0 Å². The van der Waals surface area contributed by atoms with Crippen LogP contribution in [-0.2, 0) is 0 Å². The molecule has 0 bridgehead atoms. The summed E-state index contributed by atoms with van der Waals surface area (Å²) < 4.78 is 1.16. The number of aromatic hydroxyl groups is 2. The Hall–Kier alpha value is -2.93. The highest BCUT2D eigenvalue weighted by atomic mass is 35.5. The minimum Gasteiger partial charge on any atom is -0.493 e. The van der Waals surface area contributed by atoms with Crippen molar-refractivity contribution in [2.45, 2.75) is 0 Å². The highest BCUT2D eigenvalue weighted by Crippen LogP contribution is 2.35. The fourth-order valence-corrected chi connectivity index (χ4v) is 2.43. The molecule has 0 unspecified atom stereocenters. The lowest BCUT2D eigenvalue weighted by atomic mass is 10.3. The smallest absolute Gasteiger partial charge is 0.228 e. The van der Waals surface area contributed by atoms with Gasteiger partial charge in [-0.05, 0) is 24.3 Å². The molecule has 0 saturated heterocycles. The van der Waals surface area contributed by atoms with Gasteiger partial charge in [-0.15, -0.1) is 0 Å². The number of hydrogen-bond donors (Lipinski definition) is 2. The Bertz CT molecular complexity index is 992. The van der Waals surface area contributed by atoms with Crippen molar-refractivity contribution in [2.24, 2.45) is 0 Å². The lowest BCUT2D eigenvalue weighted by molar-refractivity contribution is 0.404. The lowest BCUT2D eigenvalue weighted by Crippen LogP contribution is -1.97. The summed E-state index contributed by atoms with van der Waals surface area (Å²) in [4.78, 5) is 16.4. The molecule has 0 fully saturated rings. The molecular weight excluding hydrogens is 306 g/mol. The van der Waals surface area contributed by atoms with Crippen molar-refractivity contribution >= 4 is 33.7 Å². The molecule has 8 heteroatoms. The molecule has 0 aliphatic rings. The highest BCUT2D eigenvalue weighted by molar-refractivity contribution is 6.29. The summed E-state index contributed by atoms with van der Waals surface area (Å²) in [5.74, 6) is -0.193. The maximum Gasteiger partial charge on any atom is 0.228 e. The Morgan fingerprint density at radius 1 is 0.864 bits per heavy atom. The zero-order valence-electron chi connectivity index (χ0n) is 11.0. The molecule has 0 radical (unpaired) electrons. The van der Waals surface area contributed by atoms with Crippen molar-refractivity contribution in [3.63, 3.8) is 0 Å². The number of halogens is 1. The quantitative estimate of drug-likeness (QED) is 0.524. The molecule has 0 spiro atoms. The largest absolute Gasteiger partial charge is 0.493 e. The predicted octanol–water partition coefficient (Wildman–Crippen LogP) is 2.43. The van der Waals surface area contributed by atoms with Crippen LogP contribution in [0.2, 0.25) is 5.15 Å². The van der Waals surface area contributed by atoms with Crippen molar-refractivity contribution in [3.05, 3.63) is 41.8 Å². The molecule has 4 aromatic heterocycles. The van der Waals surface area contributed by atoms with Crippen LogP contribution >= 0.6 is 11.6 Å². The van der Waals surface area contributed by atoms with E-state index in [0.717, 1.165) is 9.95 Å². The monoisotopic (exact) mass is 313 g/mol. The zero-order valence-corrected chi connectivity index (χ0v) is 11.7. The van der Waals surface area contributed by atoms with Gasteiger partial charge in [-0.2, -0.15) is 0 Å². The van der Waals surface area contributed by atoms with Crippen molar-refractivity contribution < 1.29 is 10.2 Å². The van der Waals surface area contributed by atoms with Crippen LogP contribution in [0.15, 0.2) is 36.7 Å². The van der Waals surface area contributed by atoms with E-state index in [0.29, 0.717) is 10.8 Å². The van der Waals surface area contributed by atoms with Crippen LogP contribution in [0, 0.1) is 0 Å². The molecule has 22 heavy (non-hydrogen) atoms. The lowest BCUT2D eigenvalue weighted by Gasteiger charge is -2.06. The van der Waals surface area contributed by atoms with Crippen LogP contribution in [0.25, 0.3) is 27.9 Å². The highest BCUT2D eigenvalue weighted by Gasteiger charge is 2.20. The van der Waals surface area contributed by atoms with E-state index in [2.05, 4.69) is 19.9 Å². The second-order valence-corrected chi connectivity index (χ2v) is 4.97. The average molecular weight is 314 g/mol. The minimum absolute atomic E-state index is 0.195. The van der Waals surface area contributed by atoms with Gasteiger partial charge in [0.15, 0.2) is 16.7 Å². The third-order valence-electron chi connectivity index (χ3n) is 3.28. The maximum absolute atomic E-state index is 10.3. The van der Waals surface area contributed by atoms with Crippen LogP contribution in [-0.4, -0.2) is 34.7 Å². The SMILES string of the molecule is Oc1c2nccnc2c(O)n1-c1ccc2ccc(Cl)nc2n1.